The summed E-state index contributed by atoms with van der Waals surface area (Å²) in [7, 11) is 1.54. The van der Waals surface area contributed by atoms with Crippen LogP contribution >= 0.6 is 15.9 Å². The molecule has 98 valence electrons. The third-order valence-electron chi connectivity index (χ3n) is 2.25. The van der Waals surface area contributed by atoms with Gasteiger partial charge in [0, 0.05) is 11.0 Å². The molecule has 1 N–H and O–H groups in total. The van der Waals surface area contributed by atoms with Crippen LogP contribution in [0.25, 0.3) is 0 Å². The Balaban J connectivity index is 2.53. The van der Waals surface area contributed by atoms with Crippen LogP contribution in [0.5, 0.6) is 5.75 Å². The van der Waals surface area contributed by atoms with E-state index in [-0.39, 0.29) is 5.91 Å². The van der Waals surface area contributed by atoms with Crippen molar-refractivity contribution >= 4 is 21.8 Å². The SMILES string of the molecule is C=COCCCNC(=O)c1ccc(Br)cc1OC. The fourth-order valence-electron chi connectivity index (χ4n) is 1.39. The fraction of sp³-hybridized carbons (Fsp3) is 0.308. The lowest BCUT2D eigenvalue weighted by molar-refractivity contribution is 0.0947. The predicted octanol–water partition coefficient (Wildman–Crippen LogP) is 2.74. The van der Waals surface area contributed by atoms with Crippen molar-refractivity contribution in [3.8, 4) is 5.75 Å². The Kier molecular flexibility index (Phi) is 6.28. The second-order valence-corrected chi connectivity index (χ2v) is 4.41. The summed E-state index contributed by atoms with van der Waals surface area (Å²) in [4.78, 5) is 11.9. The molecule has 0 aromatic heterocycles. The minimum absolute atomic E-state index is 0.155. The number of amides is 1. The molecule has 1 aromatic carbocycles. The van der Waals surface area contributed by atoms with Gasteiger partial charge in [0.25, 0.3) is 5.91 Å². The molecule has 0 aliphatic carbocycles. The van der Waals surface area contributed by atoms with Crippen LogP contribution in [0, 0.1) is 0 Å². The number of carbonyl (C=O) groups excluding carboxylic acids is 1. The first kappa shape index (κ1) is 14.6. The number of halogens is 1. The van der Waals surface area contributed by atoms with Crippen LogP contribution in [-0.2, 0) is 4.74 Å². The number of hydrogen-bond donors (Lipinski definition) is 1. The summed E-state index contributed by atoms with van der Waals surface area (Å²) >= 11 is 3.33. The van der Waals surface area contributed by atoms with Crippen molar-refractivity contribution in [1.82, 2.24) is 5.32 Å². The normalized spacial score (nSPS) is 9.67. The van der Waals surface area contributed by atoms with E-state index in [0.717, 1.165) is 10.9 Å². The second kappa shape index (κ2) is 7.76. The van der Waals surface area contributed by atoms with Crippen molar-refractivity contribution in [2.75, 3.05) is 20.3 Å². The minimum atomic E-state index is -0.155. The van der Waals surface area contributed by atoms with Crippen LogP contribution < -0.4 is 10.1 Å². The molecule has 0 aliphatic heterocycles. The van der Waals surface area contributed by atoms with Crippen molar-refractivity contribution in [3.63, 3.8) is 0 Å². The maximum atomic E-state index is 11.9. The average molecular weight is 314 g/mol. The molecule has 0 spiro atoms. The van der Waals surface area contributed by atoms with E-state index in [1.807, 2.05) is 0 Å². The highest BCUT2D eigenvalue weighted by molar-refractivity contribution is 9.10. The molecule has 0 saturated carbocycles. The van der Waals surface area contributed by atoms with Gasteiger partial charge in [0.05, 0.1) is 25.5 Å². The van der Waals surface area contributed by atoms with Crippen molar-refractivity contribution in [2.24, 2.45) is 0 Å². The zero-order valence-corrected chi connectivity index (χ0v) is 11.8. The van der Waals surface area contributed by atoms with Crippen LogP contribution in [0.3, 0.4) is 0 Å². The van der Waals surface area contributed by atoms with Crippen LogP contribution in [0.4, 0.5) is 0 Å². The first-order valence-electron chi connectivity index (χ1n) is 5.53. The van der Waals surface area contributed by atoms with Gasteiger partial charge in [-0.1, -0.05) is 22.5 Å². The van der Waals surface area contributed by atoms with E-state index in [1.165, 1.54) is 13.4 Å². The van der Waals surface area contributed by atoms with E-state index in [1.54, 1.807) is 18.2 Å². The van der Waals surface area contributed by atoms with Crippen molar-refractivity contribution in [1.29, 1.82) is 0 Å². The third kappa shape index (κ3) is 4.41. The summed E-state index contributed by atoms with van der Waals surface area (Å²) in [5.41, 5.74) is 0.519. The molecule has 0 unspecified atom stereocenters. The lowest BCUT2D eigenvalue weighted by atomic mass is 10.2. The van der Waals surface area contributed by atoms with Crippen LogP contribution in [-0.4, -0.2) is 26.2 Å². The first-order valence-corrected chi connectivity index (χ1v) is 6.32. The summed E-state index contributed by atoms with van der Waals surface area (Å²) in [5, 5.41) is 2.80. The predicted molar refractivity (Wildman–Crippen MR) is 73.8 cm³/mol. The maximum absolute atomic E-state index is 11.9. The fourth-order valence-corrected chi connectivity index (χ4v) is 1.73. The molecular formula is C13H16BrNO3. The highest BCUT2D eigenvalue weighted by atomic mass is 79.9. The van der Waals surface area contributed by atoms with Gasteiger partial charge in [-0.3, -0.25) is 4.79 Å². The molecule has 4 nitrogen and oxygen atoms in total. The summed E-state index contributed by atoms with van der Waals surface area (Å²) in [6, 6.07) is 5.28. The van der Waals surface area contributed by atoms with Gasteiger partial charge < -0.3 is 14.8 Å². The van der Waals surface area contributed by atoms with Crippen molar-refractivity contribution in [2.45, 2.75) is 6.42 Å². The average Bonchev–Trinajstić information content (AvgIpc) is 2.38. The molecule has 0 radical (unpaired) electrons. The van der Waals surface area contributed by atoms with E-state index in [4.69, 9.17) is 9.47 Å². The number of benzene rings is 1. The molecule has 0 aliphatic rings. The molecule has 0 saturated heterocycles. The van der Waals surface area contributed by atoms with E-state index in [2.05, 4.69) is 27.8 Å². The number of nitrogens with one attached hydrogen (secondary N) is 1. The second-order valence-electron chi connectivity index (χ2n) is 3.49. The molecule has 18 heavy (non-hydrogen) atoms. The third-order valence-corrected chi connectivity index (χ3v) is 2.74. The largest absolute Gasteiger partial charge is 0.502 e. The van der Waals surface area contributed by atoms with E-state index < -0.39 is 0 Å². The summed E-state index contributed by atoms with van der Waals surface area (Å²) in [6.45, 7) is 4.53. The molecule has 1 aromatic rings. The molecular weight excluding hydrogens is 298 g/mol. The Morgan fingerprint density at radius 1 is 1.56 bits per heavy atom. The molecule has 0 atom stereocenters. The zero-order valence-electron chi connectivity index (χ0n) is 10.2. The number of methoxy groups -OCH3 is 1. The number of carbonyl (C=O) groups is 1. The lowest BCUT2D eigenvalue weighted by Crippen LogP contribution is -2.25. The number of hydrogen-bond acceptors (Lipinski definition) is 3. The Bertz CT molecular complexity index is 421. The van der Waals surface area contributed by atoms with Crippen molar-refractivity contribution < 1.29 is 14.3 Å². The Labute approximate surface area is 115 Å². The molecule has 1 amide bonds. The van der Waals surface area contributed by atoms with Gasteiger partial charge in [0.2, 0.25) is 0 Å². The standard InChI is InChI=1S/C13H16BrNO3/c1-3-18-8-4-7-15-13(16)11-6-5-10(14)9-12(11)17-2/h3,5-6,9H,1,4,7-8H2,2H3,(H,15,16). The van der Waals surface area contributed by atoms with E-state index >= 15 is 0 Å². The lowest BCUT2D eigenvalue weighted by Gasteiger charge is -2.09. The van der Waals surface area contributed by atoms with Gasteiger partial charge >= 0.3 is 0 Å². The molecule has 0 fully saturated rings. The Morgan fingerprint density at radius 3 is 3.00 bits per heavy atom. The smallest absolute Gasteiger partial charge is 0.255 e. The highest BCUT2D eigenvalue weighted by Crippen LogP contribution is 2.23. The number of ether oxygens (including phenoxy) is 2. The van der Waals surface area contributed by atoms with Crippen LogP contribution in [0.2, 0.25) is 0 Å². The van der Waals surface area contributed by atoms with Crippen LogP contribution in [0.15, 0.2) is 35.5 Å². The highest BCUT2D eigenvalue weighted by Gasteiger charge is 2.11. The minimum Gasteiger partial charge on any atom is -0.502 e. The summed E-state index contributed by atoms with van der Waals surface area (Å²) < 4.78 is 11.0. The van der Waals surface area contributed by atoms with Gasteiger partial charge in [0.15, 0.2) is 0 Å². The van der Waals surface area contributed by atoms with Gasteiger partial charge in [-0.2, -0.15) is 0 Å². The number of rotatable bonds is 7. The Morgan fingerprint density at radius 2 is 2.33 bits per heavy atom. The van der Waals surface area contributed by atoms with Gasteiger partial charge in [-0.05, 0) is 24.6 Å². The molecule has 1 rings (SSSR count). The van der Waals surface area contributed by atoms with Gasteiger partial charge in [-0.15, -0.1) is 0 Å². The first-order chi connectivity index (χ1) is 8.69. The van der Waals surface area contributed by atoms with Crippen LogP contribution in [0.1, 0.15) is 16.8 Å². The molecule has 5 heteroatoms. The van der Waals surface area contributed by atoms with Crippen molar-refractivity contribution in [3.05, 3.63) is 41.1 Å². The molecule has 0 heterocycles. The topological polar surface area (TPSA) is 47.6 Å². The van der Waals surface area contributed by atoms with E-state index in [0.29, 0.717) is 24.5 Å². The van der Waals surface area contributed by atoms with Gasteiger partial charge in [-0.25, -0.2) is 0 Å². The molecule has 0 bridgehead atoms. The summed E-state index contributed by atoms with van der Waals surface area (Å²) in [5.74, 6) is 0.391. The Hall–Kier alpha value is -1.49. The van der Waals surface area contributed by atoms with E-state index in [9.17, 15) is 4.79 Å². The summed E-state index contributed by atoms with van der Waals surface area (Å²) in [6.07, 6.45) is 2.12. The zero-order chi connectivity index (χ0) is 13.4. The quantitative estimate of drug-likeness (QED) is 0.622. The maximum Gasteiger partial charge on any atom is 0.255 e. The van der Waals surface area contributed by atoms with Gasteiger partial charge in [0.1, 0.15) is 5.75 Å². The monoisotopic (exact) mass is 313 g/mol.